The standard InChI is InChI=1S/C14H21N5/c1-5-9-19-12(7-8-16-19)14-17-10(3)11(6-2)13(15-4)18-14/h7-8H,5-6,9H2,1-4H3,(H,15,17,18). The molecule has 0 radical (unpaired) electrons. The molecule has 5 nitrogen and oxygen atoms in total. The Morgan fingerprint density at radius 1 is 1.26 bits per heavy atom. The molecule has 2 aromatic rings. The van der Waals surface area contributed by atoms with Gasteiger partial charge in [0, 0.05) is 31.0 Å². The fraction of sp³-hybridized carbons (Fsp3) is 0.500. The molecular formula is C14H21N5. The Bertz CT molecular complexity index is 559. The summed E-state index contributed by atoms with van der Waals surface area (Å²) in [5, 5.41) is 7.49. The number of hydrogen-bond acceptors (Lipinski definition) is 4. The van der Waals surface area contributed by atoms with E-state index < -0.39 is 0 Å². The largest absolute Gasteiger partial charge is 0.373 e. The van der Waals surface area contributed by atoms with Gasteiger partial charge in [0.15, 0.2) is 5.82 Å². The molecule has 0 unspecified atom stereocenters. The van der Waals surface area contributed by atoms with Crippen molar-refractivity contribution in [2.24, 2.45) is 0 Å². The molecule has 0 aliphatic carbocycles. The maximum absolute atomic E-state index is 4.63. The summed E-state index contributed by atoms with van der Waals surface area (Å²) in [4.78, 5) is 9.25. The van der Waals surface area contributed by atoms with Gasteiger partial charge in [0.25, 0.3) is 0 Å². The van der Waals surface area contributed by atoms with Crippen LogP contribution < -0.4 is 5.32 Å². The minimum absolute atomic E-state index is 0.741. The SMILES string of the molecule is CCCn1nccc1-c1nc(C)c(CC)c(NC)n1. The average molecular weight is 259 g/mol. The second-order valence-electron chi connectivity index (χ2n) is 4.50. The molecule has 0 atom stereocenters. The normalized spacial score (nSPS) is 10.7. The lowest BCUT2D eigenvalue weighted by Gasteiger charge is -2.12. The van der Waals surface area contributed by atoms with Crippen LogP contribution in [0.4, 0.5) is 5.82 Å². The Hall–Kier alpha value is -1.91. The predicted octanol–water partition coefficient (Wildman–Crippen LogP) is 2.66. The molecule has 0 aliphatic heterocycles. The van der Waals surface area contributed by atoms with Gasteiger partial charge in [-0.2, -0.15) is 5.10 Å². The fourth-order valence-corrected chi connectivity index (χ4v) is 2.25. The number of hydrogen-bond donors (Lipinski definition) is 1. The molecule has 0 amide bonds. The van der Waals surface area contributed by atoms with Crippen LogP contribution in [0, 0.1) is 6.92 Å². The van der Waals surface area contributed by atoms with Crippen molar-refractivity contribution in [2.75, 3.05) is 12.4 Å². The number of aryl methyl sites for hydroxylation is 2. The number of rotatable bonds is 5. The van der Waals surface area contributed by atoms with E-state index in [9.17, 15) is 0 Å². The topological polar surface area (TPSA) is 55.6 Å². The fourth-order valence-electron chi connectivity index (χ4n) is 2.25. The van der Waals surface area contributed by atoms with Crippen molar-refractivity contribution in [3.63, 3.8) is 0 Å². The zero-order valence-corrected chi connectivity index (χ0v) is 12.1. The Labute approximate surface area is 114 Å². The molecule has 19 heavy (non-hydrogen) atoms. The summed E-state index contributed by atoms with van der Waals surface area (Å²) in [6.07, 6.45) is 3.77. The highest BCUT2D eigenvalue weighted by Gasteiger charge is 2.13. The number of nitrogens with one attached hydrogen (secondary N) is 1. The van der Waals surface area contributed by atoms with Crippen molar-refractivity contribution in [2.45, 2.75) is 40.2 Å². The Kier molecular flexibility index (Phi) is 4.14. The van der Waals surface area contributed by atoms with Crippen molar-refractivity contribution >= 4 is 5.82 Å². The van der Waals surface area contributed by atoms with E-state index in [2.05, 4.69) is 34.2 Å². The Morgan fingerprint density at radius 3 is 2.68 bits per heavy atom. The van der Waals surface area contributed by atoms with Crippen LogP contribution in [-0.4, -0.2) is 26.8 Å². The number of nitrogens with zero attached hydrogens (tertiary/aromatic N) is 4. The summed E-state index contributed by atoms with van der Waals surface area (Å²) in [6, 6.07) is 1.97. The van der Waals surface area contributed by atoms with Crippen LogP contribution in [0.3, 0.4) is 0 Å². The maximum Gasteiger partial charge on any atom is 0.180 e. The van der Waals surface area contributed by atoms with Gasteiger partial charge in [0.05, 0.1) is 0 Å². The summed E-state index contributed by atoms with van der Waals surface area (Å²) < 4.78 is 1.96. The summed E-state index contributed by atoms with van der Waals surface area (Å²) in [6.45, 7) is 7.17. The maximum atomic E-state index is 4.63. The smallest absolute Gasteiger partial charge is 0.180 e. The molecule has 2 aromatic heterocycles. The zero-order chi connectivity index (χ0) is 13.8. The molecule has 0 aromatic carbocycles. The van der Waals surface area contributed by atoms with Crippen molar-refractivity contribution < 1.29 is 0 Å². The van der Waals surface area contributed by atoms with Gasteiger partial charge in [0.1, 0.15) is 11.5 Å². The molecule has 0 bridgehead atoms. The average Bonchev–Trinajstić information content (AvgIpc) is 2.86. The molecule has 0 spiro atoms. The third-order valence-corrected chi connectivity index (χ3v) is 3.19. The number of aromatic nitrogens is 4. The van der Waals surface area contributed by atoms with Gasteiger partial charge >= 0.3 is 0 Å². The highest BCUT2D eigenvalue weighted by atomic mass is 15.3. The summed E-state index contributed by atoms with van der Waals surface area (Å²) in [5.74, 6) is 1.65. The highest BCUT2D eigenvalue weighted by Crippen LogP contribution is 2.22. The zero-order valence-electron chi connectivity index (χ0n) is 12.1. The molecular weight excluding hydrogens is 238 g/mol. The molecule has 2 rings (SSSR count). The van der Waals surface area contributed by atoms with Crippen LogP contribution in [0.2, 0.25) is 0 Å². The highest BCUT2D eigenvalue weighted by molar-refractivity contribution is 5.56. The summed E-state index contributed by atoms with van der Waals surface area (Å²) >= 11 is 0. The lowest BCUT2D eigenvalue weighted by molar-refractivity contribution is 0.606. The molecule has 0 fully saturated rings. The van der Waals surface area contributed by atoms with Crippen LogP contribution in [0.5, 0.6) is 0 Å². The van der Waals surface area contributed by atoms with E-state index in [0.717, 1.165) is 42.4 Å². The Morgan fingerprint density at radius 2 is 2.05 bits per heavy atom. The van der Waals surface area contributed by atoms with E-state index in [0.29, 0.717) is 0 Å². The van der Waals surface area contributed by atoms with Gasteiger partial charge in [-0.3, -0.25) is 4.68 Å². The van der Waals surface area contributed by atoms with Gasteiger partial charge in [0.2, 0.25) is 0 Å². The second-order valence-corrected chi connectivity index (χ2v) is 4.50. The summed E-state index contributed by atoms with van der Waals surface area (Å²) in [7, 11) is 1.90. The quantitative estimate of drug-likeness (QED) is 0.897. The van der Waals surface area contributed by atoms with Crippen LogP contribution in [0.1, 0.15) is 31.5 Å². The first-order valence-corrected chi connectivity index (χ1v) is 6.78. The molecule has 1 N–H and O–H groups in total. The predicted molar refractivity (Wildman–Crippen MR) is 77.2 cm³/mol. The monoisotopic (exact) mass is 259 g/mol. The molecule has 5 heteroatoms. The van der Waals surface area contributed by atoms with Gasteiger partial charge in [-0.15, -0.1) is 0 Å². The first kappa shape index (κ1) is 13.5. The molecule has 0 saturated carbocycles. The van der Waals surface area contributed by atoms with Gasteiger partial charge in [-0.25, -0.2) is 9.97 Å². The van der Waals surface area contributed by atoms with Crippen molar-refractivity contribution in [1.82, 2.24) is 19.7 Å². The molecule has 0 aliphatic rings. The van der Waals surface area contributed by atoms with E-state index in [-0.39, 0.29) is 0 Å². The molecule has 2 heterocycles. The van der Waals surface area contributed by atoms with Crippen LogP contribution in [-0.2, 0) is 13.0 Å². The van der Waals surface area contributed by atoms with Crippen molar-refractivity contribution in [3.05, 3.63) is 23.5 Å². The van der Waals surface area contributed by atoms with Gasteiger partial charge in [-0.1, -0.05) is 13.8 Å². The first-order chi connectivity index (χ1) is 9.21. The number of anilines is 1. The van der Waals surface area contributed by atoms with Crippen molar-refractivity contribution in [3.8, 4) is 11.5 Å². The minimum atomic E-state index is 0.741. The van der Waals surface area contributed by atoms with Gasteiger partial charge in [-0.05, 0) is 25.8 Å². The molecule has 102 valence electrons. The second kappa shape index (κ2) is 5.82. The van der Waals surface area contributed by atoms with E-state index >= 15 is 0 Å². The van der Waals surface area contributed by atoms with Crippen LogP contribution >= 0.6 is 0 Å². The summed E-state index contributed by atoms with van der Waals surface area (Å²) in [5.41, 5.74) is 3.18. The minimum Gasteiger partial charge on any atom is -0.373 e. The third-order valence-electron chi connectivity index (χ3n) is 3.19. The van der Waals surface area contributed by atoms with E-state index in [1.54, 1.807) is 6.20 Å². The van der Waals surface area contributed by atoms with E-state index in [1.807, 2.05) is 24.7 Å². The lowest BCUT2D eigenvalue weighted by Crippen LogP contribution is -2.08. The van der Waals surface area contributed by atoms with Crippen molar-refractivity contribution in [1.29, 1.82) is 0 Å². The van der Waals surface area contributed by atoms with Crippen LogP contribution in [0.15, 0.2) is 12.3 Å². The Balaban J connectivity index is 2.50. The van der Waals surface area contributed by atoms with Gasteiger partial charge < -0.3 is 5.32 Å². The van der Waals surface area contributed by atoms with Crippen LogP contribution in [0.25, 0.3) is 11.5 Å². The molecule has 0 saturated heterocycles. The third kappa shape index (κ3) is 2.59. The first-order valence-electron chi connectivity index (χ1n) is 6.78. The lowest BCUT2D eigenvalue weighted by atomic mass is 10.1. The van der Waals surface area contributed by atoms with E-state index in [4.69, 9.17) is 0 Å². The van der Waals surface area contributed by atoms with E-state index in [1.165, 1.54) is 5.56 Å².